The normalized spacial score (nSPS) is 14.7. The molecule has 1 aliphatic carbocycles. The largest absolute Gasteiger partial charge is 0.331 e. The molecule has 0 atom stereocenters. The van der Waals surface area contributed by atoms with Crippen molar-refractivity contribution in [1.82, 2.24) is 14.9 Å². The molecule has 1 aromatic carbocycles. The minimum Gasteiger partial charge on any atom is -0.331 e. The van der Waals surface area contributed by atoms with E-state index in [0.29, 0.717) is 0 Å². The molecule has 0 spiro atoms. The van der Waals surface area contributed by atoms with Gasteiger partial charge in [0.15, 0.2) is 0 Å². The number of hydrogen-bond acceptors (Lipinski definition) is 2. The van der Waals surface area contributed by atoms with Crippen molar-refractivity contribution in [2.45, 2.75) is 51.7 Å². The maximum absolute atomic E-state index is 4.46. The lowest BCUT2D eigenvalue weighted by atomic mass is 10.1. The second kappa shape index (κ2) is 6.23. The summed E-state index contributed by atoms with van der Waals surface area (Å²) in [6.45, 7) is 4.11. The lowest BCUT2D eigenvalue weighted by molar-refractivity contribution is 0.573. The third kappa shape index (κ3) is 3.48. The molecule has 1 heterocycles. The lowest BCUT2D eigenvalue weighted by Crippen LogP contribution is -2.18. The predicted molar refractivity (Wildman–Crippen MR) is 81.6 cm³/mol. The Morgan fingerprint density at radius 1 is 1.25 bits per heavy atom. The third-order valence-electron chi connectivity index (χ3n) is 3.98. The molecule has 1 saturated carbocycles. The molecule has 1 fully saturated rings. The van der Waals surface area contributed by atoms with Gasteiger partial charge in [-0.15, -0.1) is 0 Å². The Hall–Kier alpha value is -1.61. The van der Waals surface area contributed by atoms with E-state index in [9.17, 15) is 0 Å². The van der Waals surface area contributed by atoms with Crippen molar-refractivity contribution in [3.63, 3.8) is 0 Å². The number of hydrogen-bond donors (Lipinski definition) is 1. The second-order valence-corrected chi connectivity index (χ2v) is 5.69. The van der Waals surface area contributed by atoms with Gasteiger partial charge in [0.1, 0.15) is 5.82 Å². The molecule has 0 bridgehead atoms. The maximum atomic E-state index is 4.46. The Morgan fingerprint density at radius 3 is 2.80 bits per heavy atom. The van der Waals surface area contributed by atoms with Crippen LogP contribution in [0.2, 0.25) is 0 Å². The molecule has 106 valence electrons. The van der Waals surface area contributed by atoms with Gasteiger partial charge >= 0.3 is 0 Å². The second-order valence-electron chi connectivity index (χ2n) is 5.69. The van der Waals surface area contributed by atoms with Crippen LogP contribution < -0.4 is 5.32 Å². The Morgan fingerprint density at radius 2 is 2.05 bits per heavy atom. The van der Waals surface area contributed by atoms with Gasteiger partial charge in [-0.25, -0.2) is 4.98 Å². The van der Waals surface area contributed by atoms with Crippen LogP contribution >= 0.6 is 0 Å². The predicted octanol–water partition coefficient (Wildman–Crippen LogP) is 3.08. The Balaban J connectivity index is 1.54. The van der Waals surface area contributed by atoms with Crippen LogP contribution in [0.4, 0.5) is 0 Å². The van der Waals surface area contributed by atoms with Gasteiger partial charge in [-0.3, -0.25) is 0 Å². The highest BCUT2D eigenvalue weighted by atomic mass is 15.1. The SMILES string of the molecule is Cc1ncc(CNC2CC2)n1CCCc1ccccc1. The monoisotopic (exact) mass is 269 g/mol. The molecule has 0 radical (unpaired) electrons. The molecule has 3 rings (SSSR count). The highest BCUT2D eigenvalue weighted by molar-refractivity contribution is 5.14. The first-order chi connectivity index (χ1) is 9.83. The van der Waals surface area contributed by atoms with Gasteiger partial charge in [0.25, 0.3) is 0 Å². The molecule has 3 nitrogen and oxygen atoms in total. The van der Waals surface area contributed by atoms with Crippen LogP contribution in [0.1, 0.15) is 36.3 Å². The van der Waals surface area contributed by atoms with E-state index in [1.165, 1.54) is 24.1 Å². The summed E-state index contributed by atoms with van der Waals surface area (Å²) in [6, 6.07) is 11.5. The Bertz CT molecular complexity index is 541. The van der Waals surface area contributed by atoms with Gasteiger partial charge in [-0.2, -0.15) is 0 Å². The fourth-order valence-corrected chi connectivity index (χ4v) is 2.58. The zero-order valence-electron chi connectivity index (χ0n) is 12.2. The average molecular weight is 269 g/mol. The molecule has 0 unspecified atom stereocenters. The van der Waals surface area contributed by atoms with Crippen molar-refractivity contribution in [1.29, 1.82) is 0 Å². The fraction of sp³-hybridized carbons (Fsp3) is 0.471. The first kappa shape index (κ1) is 13.4. The maximum Gasteiger partial charge on any atom is 0.105 e. The molecule has 3 heteroatoms. The van der Waals surface area contributed by atoms with Crippen LogP contribution in [0.15, 0.2) is 36.5 Å². The summed E-state index contributed by atoms with van der Waals surface area (Å²) in [5.74, 6) is 1.13. The molecular weight excluding hydrogens is 246 g/mol. The van der Waals surface area contributed by atoms with Gasteiger partial charge < -0.3 is 9.88 Å². The van der Waals surface area contributed by atoms with Crippen molar-refractivity contribution >= 4 is 0 Å². The summed E-state index contributed by atoms with van der Waals surface area (Å²) in [5.41, 5.74) is 2.74. The number of aryl methyl sites for hydroxylation is 2. The minimum absolute atomic E-state index is 0.753. The average Bonchev–Trinajstić information content (AvgIpc) is 3.24. The highest BCUT2D eigenvalue weighted by Gasteiger charge is 2.20. The van der Waals surface area contributed by atoms with E-state index < -0.39 is 0 Å². The molecule has 1 aromatic heterocycles. The van der Waals surface area contributed by atoms with Gasteiger partial charge in [-0.1, -0.05) is 30.3 Å². The summed E-state index contributed by atoms with van der Waals surface area (Å²) in [4.78, 5) is 4.46. The van der Waals surface area contributed by atoms with Crippen molar-refractivity contribution < 1.29 is 0 Å². The van der Waals surface area contributed by atoms with Gasteiger partial charge in [-0.05, 0) is 38.2 Å². The Labute approximate surface area is 121 Å². The summed E-state index contributed by atoms with van der Waals surface area (Å²) in [6.07, 6.45) is 6.99. The molecule has 1 aliphatic rings. The molecule has 1 N–H and O–H groups in total. The van der Waals surface area contributed by atoms with Gasteiger partial charge in [0, 0.05) is 25.3 Å². The van der Waals surface area contributed by atoms with E-state index in [0.717, 1.165) is 37.8 Å². The van der Waals surface area contributed by atoms with E-state index in [2.05, 4.69) is 52.1 Å². The third-order valence-corrected chi connectivity index (χ3v) is 3.98. The number of nitrogens with zero attached hydrogens (tertiary/aromatic N) is 2. The Kier molecular flexibility index (Phi) is 4.16. The van der Waals surface area contributed by atoms with E-state index in [-0.39, 0.29) is 0 Å². The first-order valence-electron chi connectivity index (χ1n) is 7.61. The van der Waals surface area contributed by atoms with Crippen molar-refractivity contribution in [3.8, 4) is 0 Å². The number of imidazole rings is 1. The van der Waals surface area contributed by atoms with Crippen LogP contribution in [0.25, 0.3) is 0 Å². The molecular formula is C17H23N3. The number of rotatable bonds is 7. The number of benzene rings is 1. The summed E-state index contributed by atoms with van der Waals surface area (Å²) in [5, 5.41) is 3.57. The smallest absolute Gasteiger partial charge is 0.105 e. The standard InChI is InChI=1S/C17H23N3/c1-14-18-12-17(13-19-16-9-10-16)20(14)11-5-8-15-6-3-2-4-7-15/h2-4,6-7,12,16,19H,5,8-11,13H2,1H3. The summed E-state index contributed by atoms with van der Waals surface area (Å²) >= 11 is 0. The van der Waals surface area contributed by atoms with Crippen LogP contribution in [-0.2, 0) is 19.5 Å². The van der Waals surface area contributed by atoms with Gasteiger partial charge in [0.05, 0.1) is 5.69 Å². The molecule has 0 aliphatic heterocycles. The van der Waals surface area contributed by atoms with Gasteiger partial charge in [0.2, 0.25) is 0 Å². The number of nitrogens with one attached hydrogen (secondary N) is 1. The van der Waals surface area contributed by atoms with Crippen molar-refractivity contribution in [3.05, 3.63) is 53.6 Å². The van der Waals surface area contributed by atoms with Crippen LogP contribution in [0.3, 0.4) is 0 Å². The van der Waals surface area contributed by atoms with Crippen molar-refractivity contribution in [2.75, 3.05) is 0 Å². The molecule has 0 saturated heterocycles. The highest BCUT2D eigenvalue weighted by Crippen LogP contribution is 2.19. The molecule has 20 heavy (non-hydrogen) atoms. The van der Waals surface area contributed by atoms with Crippen molar-refractivity contribution in [2.24, 2.45) is 0 Å². The van der Waals surface area contributed by atoms with Crippen LogP contribution in [0, 0.1) is 6.92 Å². The zero-order valence-corrected chi connectivity index (χ0v) is 12.2. The van der Waals surface area contributed by atoms with E-state index in [1.807, 2.05) is 6.20 Å². The van der Waals surface area contributed by atoms with Crippen LogP contribution in [0.5, 0.6) is 0 Å². The van der Waals surface area contributed by atoms with E-state index in [4.69, 9.17) is 0 Å². The fourth-order valence-electron chi connectivity index (χ4n) is 2.58. The number of aromatic nitrogens is 2. The molecule has 0 amide bonds. The first-order valence-corrected chi connectivity index (χ1v) is 7.61. The zero-order chi connectivity index (χ0) is 13.8. The lowest BCUT2D eigenvalue weighted by Gasteiger charge is -2.11. The molecule has 2 aromatic rings. The van der Waals surface area contributed by atoms with E-state index >= 15 is 0 Å². The quantitative estimate of drug-likeness (QED) is 0.837. The minimum atomic E-state index is 0.753. The summed E-state index contributed by atoms with van der Waals surface area (Å²) < 4.78 is 2.36. The van der Waals surface area contributed by atoms with E-state index in [1.54, 1.807) is 0 Å². The van der Waals surface area contributed by atoms with Crippen LogP contribution in [-0.4, -0.2) is 15.6 Å². The summed E-state index contributed by atoms with van der Waals surface area (Å²) in [7, 11) is 0. The topological polar surface area (TPSA) is 29.9 Å².